The number of amides is 2. The molecule has 2 aliphatic heterocycles. The maximum absolute atomic E-state index is 15.0. The van der Waals surface area contributed by atoms with Crippen molar-refractivity contribution < 1.29 is 43.5 Å². The SMILES string of the molecule is CN[C@@H](C)C(=O)N[C@H](C(=O)N1C[C@@H](O)C[C@H]1Cc1c(-c2ccc(F)cc2)n(C2O[C@@H](C)[C@@H](O)[C@@H](O)[C@@H]2O)c2ccc(F)cc12)C(C)(C)C. The van der Waals surface area contributed by atoms with Crippen molar-refractivity contribution in [2.45, 2.75) is 102 Å². The molecule has 5 rings (SSSR count). The number of likely N-dealkylation sites (tertiary alicyclic amines) is 1. The number of nitrogens with zero attached hydrogens (tertiary/aromatic N) is 2. The third kappa shape index (κ3) is 6.85. The lowest BCUT2D eigenvalue weighted by atomic mass is 9.85. The van der Waals surface area contributed by atoms with Gasteiger partial charge in [0.25, 0.3) is 0 Å². The Morgan fingerprint density at radius 1 is 1.00 bits per heavy atom. The summed E-state index contributed by atoms with van der Waals surface area (Å²) in [5.41, 5.74) is 1.20. The molecule has 48 heavy (non-hydrogen) atoms. The highest BCUT2D eigenvalue weighted by molar-refractivity contribution is 5.93. The minimum Gasteiger partial charge on any atom is -0.391 e. The van der Waals surface area contributed by atoms with E-state index in [1.54, 1.807) is 30.4 Å². The number of aromatic nitrogens is 1. The second kappa shape index (κ2) is 13.8. The van der Waals surface area contributed by atoms with E-state index in [0.29, 0.717) is 27.7 Å². The van der Waals surface area contributed by atoms with Crippen LogP contribution in [-0.4, -0.2) is 104 Å². The smallest absolute Gasteiger partial charge is 0.246 e. The maximum atomic E-state index is 15.0. The van der Waals surface area contributed by atoms with Gasteiger partial charge in [0, 0.05) is 18.0 Å². The first-order valence-electron chi connectivity index (χ1n) is 16.3. The molecule has 13 heteroatoms. The van der Waals surface area contributed by atoms with Gasteiger partial charge in [0.1, 0.15) is 36.0 Å². The summed E-state index contributed by atoms with van der Waals surface area (Å²) in [6, 6.07) is 7.60. The highest BCUT2D eigenvalue weighted by Gasteiger charge is 2.46. The summed E-state index contributed by atoms with van der Waals surface area (Å²) in [6.07, 6.45) is -7.20. The van der Waals surface area contributed by atoms with Gasteiger partial charge in [0.05, 0.1) is 29.5 Å². The van der Waals surface area contributed by atoms with Crippen molar-refractivity contribution in [3.8, 4) is 11.3 Å². The number of likely N-dealkylation sites (N-methyl/N-ethyl adjacent to an activating group) is 1. The van der Waals surface area contributed by atoms with Crippen LogP contribution in [0.1, 0.15) is 52.8 Å². The van der Waals surface area contributed by atoms with E-state index in [0.717, 1.165) is 0 Å². The topological polar surface area (TPSA) is 157 Å². The van der Waals surface area contributed by atoms with E-state index in [-0.39, 0.29) is 31.2 Å². The molecule has 3 aromatic rings. The van der Waals surface area contributed by atoms with Crippen LogP contribution in [0.25, 0.3) is 22.2 Å². The standard InChI is InChI=1S/C35H46F2N4O7/c1-17(38-6)32(46)39-31(35(3,4)5)33(47)40-16-23(42)14-22(40)15-25-24-13-21(37)11-12-26(24)41(27(25)19-7-9-20(36)10-8-19)34-30(45)29(44)28(43)18(2)48-34/h7-13,17-18,22-23,28-31,34,38,42-45H,14-16H2,1-6H3,(H,39,46)/t17-,18-,22-,23-,28+,29+,30-,31+,34?/m0/s1. The normalized spacial score (nSPS) is 27.7. The van der Waals surface area contributed by atoms with Crippen LogP contribution in [0, 0.1) is 17.0 Å². The molecule has 9 atom stereocenters. The largest absolute Gasteiger partial charge is 0.391 e. The van der Waals surface area contributed by atoms with Crippen molar-refractivity contribution in [1.29, 1.82) is 0 Å². The molecule has 11 nitrogen and oxygen atoms in total. The fourth-order valence-corrected chi connectivity index (χ4v) is 6.79. The first-order valence-corrected chi connectivity index (χ1v) is 16.3. The quantitative estimate of drug-likeness (QED) is 0.213. The summed E-state index contributed by atoms with van der Waals surface area (Å²) in [5, 5.41) is 49.4. The molecular formula is C35H46F2N4O7. The number of ether oxygens (including phenoxy) is 1. The molecule has 0 radical (unpaired) electrons. The van der Waals surface area contributed by atoms with E-state index < -0.39 is 71.9 Å². The molecule has 2 aliphatic rings. The van der Waals surface area contributed by atoms with Crippen molar-refractivity contribution in [1.82, 2.24) is 20.1 Å². The number of hydrogen-bond donors (Lipinski definition) is 6. The third-order valence-electron chi connectivity index (χ3n) is 9.61. The highest BCUT2D eigenvalue weighted by Crippen LogP contribution is 2.42. The molecule has 3 heterocycles. The van der Waals surface area contributed by atoms with Crippen molar-refractivity contribution in [2.24, 2.45) is 5.41 Å². The van der Waals surface area contributed by atoms with Crippen LogP contribution in [0.2, 0.25) is 0 Å². The Morgan fingerprint density at radius 2 is 1.65 bits per heavy atom. The zero-order valence-corrected chi connectivity index (χ0v) is 28.0. The molecule has 0 aliphatic carbocycles. The summed E-state index contributed by atoms with van der Waals surface area (Å²) in [7, 11) is 1.64. The Hall–Kier alpha value is -3.46. The van der Waals surface area contributed by atoms with Gasteiger partial charge in [-0.2, -0.15) is 0 Å². The van der Waals surface area contributed by atoms with Crippen molar-refractivity contribution in [3.63, 3.8) is 0 Å². The van der Waals surface area contributed by atoms with Crippen LogP contribution in [0.4, 0.5) is 8.78 Å². The van der Waals surface area contributed by atoms with Crippen molar-refractivity contribution in [2.75, 3.05) is 13.6 Å². The number of fused-ring (bicyclic) bond motifs is 1. The minimum atomic E-state index is -1.59. The van der Waals surface area contributed by atoms with E-state index in [2.05, 4.69) is 10.6 Å². The summed E-state index contributed by atoms with van der Waals surface area (Å²) >= 11 is 0. The molecular weight excluding hydrogens is 626 g/mol. The summed E-state index contributed by atoms with van der Waals surface area (Å²) in [5.74, 6) is -1.77. The van der Waals surface area contributed by atoms with Crippen LogP contribution in [-0.2, 0) is 20.7 Å². The summed E-state index contributed by atoms with van der Waals surface area (Å²) in [4.78, 5) is 28.7. The average molecular weight is 673 g/mol. The average Bonchev–Trinajstić information content (AvgIpc) is 3.56. The zero-order chi connectivity index (χ0) is 35.2. The van der Waals surface area contributed by atoms with Gasteiger partial charge in [-0.3, -0.25) is 9.59 Å². The number of carbonyl (C=O) groups is 2. The number of carbonyl (C=O) groups excluding carboxylic acids is 2. The molecule has 262 valence electrons. The van der Waals surface area contributed by atoms with Crippen LogP contribution in [0.15, 0.2) is 42.5 Å². The highest BCUT2D eigenvalue weighted by atomic mass is 19.1. The van der Waals surface area contributed by atoms with E-state index in [4.69, 9.17) is 4.74 Å². The Bertz CT molecular complexity index is 1640. The van der Waals surface area contributed by atoms with Gasteiger partial charge >= 0.3 is 0 Å². The predicted molar refractivity (Wildman–Crippen MR) is 175 cm³/mol. The van der Waals surface area contributed by atoms with E-state index in [1.165, 1.54) is 42.5 Å². The van der Waals surface area contributed by atoms with Gasteiger partial charge in [-0.25, -0.2) is 8.78 Å². The van der Waals surface area contributed by atoms with Gasteiger partial charge in [-0.05, 0) is 92.7 Å². The zero-order valence-electron chi connectivity index (χ0n) is 28.0. The molecule has 2 saturated heterocycles. The Balaban J connectivity index is 1.65. The second-order valence-corrected chi connectivity index (χ2v) is 14.1. The number of β-amino-alcohol motifs (C(OH)–C–C–N with tert-alkyl or cyclic N) is 1. The lowest BCUT2D eigenvalue weighted by Gasteiger charge is -2.41. The van der Waals surface area contributed by atoms with E-state index in [9.17, 15) is 38.8 Å². The second-order valence-electron chi connectivity index (χ2n) is 14.1. The van der Waals surface area contributed by atoms with Crippen molar-refractivity contribution >= 4 is 22.7 Å². The Kier molecular flexibility index (Phi) is 10.3. The van der Waals surface area contributed by atoms with Gasteiger partial charge < -0.3 is 45.3 Å². The number of nitrogens with one attached hydrogen (secondary N) is 2. The van der Waals surface area contributed by atoms with Crippen LogP contribution in [0.3, 0.4) is 0 Å². The van der Waals surface area contributed by atoms with Crippen LogP contribution in [0.5, 0.6) is 0 Å². The molecule has 6 N–H and O–H groups in total. The fraction of sp³-hybridized carbons (Fsp3) is 0.543. The lowest BCUT2D eigenvalue weighted by Crippen LogP contribution is -2.58. The molecule has 1 unspecified atom stereocenters. The predicted octanol–water partition coefficient (Wildman–Crippen LogP) is 2.23. The number of halogens is 2. The molecule has 2 fully saturated rings. The monoisotopic (exact) mass is 672 g/mol. The Morgan fingerprint density at radius 3 is 2.27 bits per heavy atom. The summed E-state index contributed by atoms with van der Waals surface area (Å²) in [6.45, 7) is 8.77. The minimum absolute atomic E-state index is 0.0124. The molecule has 0 bridgehead atoms. The molecule has 2 amide bonds. The van der Waals surface area contributed by atoms with Gasteiger partial charge in [-0.15, -0.1) is 0 Å². The third-order valence-corrected chi connectivity index (χ3v) is 9.61. The fourth-order valence-electron chi connectivity index (χ4n) is 6.79. The van der Waals surface area contributed by atoms with E-state index >= 15 is 0 Å². The number of hydrogen-bond acceptors (Lipinski definition) is 8. The molecule has 0 saturated carbocycles. The first kappa shape index (κ1) is 35.8. The lowest BCUT2D eigenvalue weighted by molar-refractivity contribution is -0.238. The summed E-state index contributed by atoms with van der Waals surface area (Å²) < 4.78 is 36.8. The molecule has 0 spiro atoms. The Labute approximate surface area is 278 Å². The van der Waals surface area contributed by atoms with Gasteiger partial charge in [0.2, 0.25) is 11.8 Å². The maximum Gasteiger partial charge on any atom is 0.246 e. The number of aliphatic hydroxyl groups is 4. The van der Waals surface area contributed by atoms with Gasteiger partial charge in [-0.1, -0.05) is 20.8 Å². The number of rotatable bonds is 8. The van der Waals surface area contributed by atoms with Crippen LogP contribution < -0.4 is 10.6 Å². The van der Waals surface area contributed by atoms with Crippen LogP contribution >= 0.6 is 0 Å². The van der Waals surface area contributed by atoms with Gasteiger partial charge in [0.15, 0.2) is 6.23 Å². The van der Waals surface area contributed by atoms with E-state index in [1.807, 2.05) is 20.8 Å². The molecule has 2 aromatic carbocycles. The number of benzene rings is 2. The first-order chi connectivity index (χ1) is 22.5. The van der Waals surface area contributed by atoms with Crippen molar-refractivity contribution in [3.05, 3.63) is 59.7 Å². The molecule has 1 aromatic heterocycles. The number of aliphatic hydroxyl groups excluding tert-OH is 4.